The predicted molar refractivity (Wildman–Crippen MR) is 102 cm³/mol. The van der Waals surface area contributed by atoms with Crippen LogP contribution in [-0.2, 0) is 4.79 Å². The quantitative estimate of drug-likeness (QED) is 0.812. The monoisotopic (exact) mass is 405 g/mol. The maximum Gasteiger partial charge on any atom is 0.323 e. The van der Waals surface area contributed by atoms with Crippen molar-refractivity contribution < 1.29 is 18.8 Å². The normalized spacial score (nSPS) is 22.6. The topological polar surface area (TPSA) is 98.1 Å². The van der Waals surface area contributed by atoms with Crippen molar-refractivity contribution in [1.82, 2.24) is 25.3 Å². The van der Waals surface area contributed by atoms with Crippen LogP contribution < -0.4 is 10.6 Å². The molecule has 10 heteroatoms. The van der Waals surface area contributed by atoms with Crippen LogP contribution in [0.5, 0.6) is 0 Å². The van der Waals surface area contributed by atoms with Crippen molar-refractivity contribution in [3.63, 3.8) is 0 Å². The number of fused-ring (bicyclic) bond motifs is 2. The number of carbonyl (C=O) groups excluding carboxylic acids is 3. The largest absolute Gasteiger partial charge is 0.459 e. The highest BCUT2D eigenvalue weighted by atomic mass is 35.5. The Morgan fingerprint density at radius 2 is 2.04 bits per heavy atom. The lowest BCUT2D eigenvalue weighted by Gasteiger charge is -2.26. The number of carbonyl (C=O) groups is 3. The fourth-order valence-corrected chi connectivity index (χ4v) is 3.88. The van der Waals surface area contributed by atoms with E-state index in [-0.39, 0.29) is 24.5 Å². The Morgan fingerprint density at radius 1 is 1.29 bits per heavy atom. The lowest BCUT2D eigenvalue weighted by molar-refractivity contribution is -0.123. The number of urea groups is 2. The molecule has 3 atom stereocenters. The summed E-state index contributed by atoms with van der Waals surface area (Å²) in [5.41, 5.74) is 0.677. The minimum Gasteiger partial charge on any atom is -0.459 e. The van der Waals surface area contributed by atoms with Crippen LogP contribution in [0, 0.1) is 0 Å². The predicted octanol–water partition coefficient (Wildman–Crippen LogP) is 1.94. The minimum absolute atomic E-state index is 0.172. The van der Waals surface area contributed by atoms with Crippen LogP contribution in [0.1, 0.15) is 18.7 Å². The Morgan fingerprint density at radius 3 is 2.79 bits per heavy atom. The maximum absolute atomic E-state index is 12.5. The van der Waals surface area contributed by atoms with Crippen LogP contribution in [0.3, 0.4) is 0 Å². The fourth-order valence-electron chi connectivity index (χ4n) is 3.70. The highest BCUT2D eigenvalue weighted by molar-refractivity contribution is 6.31. The number of nitrogens with one attached hydrogen (secondary N) is 2. The summed E-state index contributed by atoms with van der Waals surface area (Å²) in [5.74, 6) is 0.236. The summed E-state index contributed by atoms with van der Waals surface area (Å²) < 4.78 is 5.77. The van der Waals surface area contributed by atoms with E-state index in [1.165, 1.54) is 14.7 Å². The van der Waals surface area contributed by atoms with Gasteiger partial charge in [-0.2, -0.15) is 0 Å². The first-order valence-electron chi connectivity index (χ1n) is 8.81. The van der Waals surface area contributed by atoms with Crippen molar-refractivity contribution in [2.75, 3.05) is 20.6 Å². The first-order chi connectivity index (χ1) is 13.3. The van der Waals surface area contributed by atoms with E-state index in [0.717, 1.165) is 5.39 Å². The summed E-state index contributed by atoms with van der Waals surface area (Å²) in [6, 6.07) is 6.12. The molecule has 4 rings (SSSR count). The number of likely N-dealkylation sites (N-methyl/N-ethyl adjacent to an activating group) is 2. The van der Waals surface area contributed by atoms with Crippen molar-refractivity contribution in [2.45, 2.75) is 25.3 Å². The van der Waals surface area contributed by atoms with Crippen LogP contribution in [0.25, 0.3) is 11.0 Å². The van der Waals surface area contributed by atoms with E-state index in [0.29, 0.717) is 16.4 Å². The molecule has 2 aliphatic rings. The molecule has 0 bridgehead atoms. The number of amides is 5. The van der Waals surface area contributed by atoms with Crippen molar-refractivity contribution in [1.29, 1.82) is 0 Å². The highest BCUT2D eigenvalue weighted by Gasteiger charge is 2.52. The third-order valence-corrected chi connectivity index (χ3v) is 5.40. The Bertz CT molecular complexity index is 976. The van der Waals surface area contributed by atoms with E-state index in [9.17, 15) is 14.4 Å². The SMILES string of the molecule is C[C@H](NC(=O)CN1C(=O)N[C@H]2[C@@H]1N(C)C(=O)N2C)c1cc2cc(Cl)ccc2o1. The lowest BCUT2D eigenvalue weighted by atomic mass is 10.2. The molecule has 2 aromatic rings. The average Bonchev–Trinajstić information content (AvgIpc) is 3.26. The molecule has 3 heterocycles. The number of halogens is 1. The summed E-state index contributed by atoms with van der Waals surface area (Å²) >= 11 is 5.99. The minimum atomic E-state index is -0.528. The van der Waals surface area contributed by atoms with Gasteiger partial charge in [0, 0.05) is 24.5 Å². The lowest BCUT2D eigenvalue weighted by Crippen LogP contribution is -2.48. The molecule has 0 radical (unpaired) electrons. The van der Waals surface area contributed by atoms with Gasteiger partial charge in [-0.25, -0.2) is 9.59 Å². The summed E-state index contributed by atoms with van der Waals surface area (Å²) in [4.78, 5) is 41.1. The van der Waals surface area contributed by atoms with Crippen LogP contribution in [0.2, 0.25) is 5.02 Å². The third-order valence-electron chi connectivity index (χ3n) is 5.17. The van der Waals surface area contributed by atoms with E-state index in [2.05, 4.69) is 10.6 Å². The van der Waals surface area contributed by atoms with Gasteiger partial charge in [0.25, 0.3) is 0 Å². The zero-order chi connectivity index (χ0) is 20.2. The number of benzene rings is 1. The molecular formula is C18H20ClN5O4. The molecule has 2 saturated heterocycles. The van der Waals surface area contributed by atoms with E-state index in [1.807, 2.05) is 6.07 Å². The van der Waals surface area contributed by atoms with E-state index in [4.69, 9.17) is 16.0 Å². The van der Waals surface area contributed by atoms with E-state index >= 15 is 0 Å². The first kappa shape index (κ1) is 18.4. The van der Waals surface area contributed by atoms with E-state index in [1.54, 1.807) is 39.2 Å². The Balaban J connectivity index is 1.44. The molecular weight excluding hydrogens is 386 g/mol. The molecule has 0 aliphatic carbocycles. The number of furan rings is 1. The Hall–Kier alpha value is -2.94. The first-order valence-corrected chi connectivity index (χ1v) is 9.19. The van der Waals surface area contributed by atoms with Crippen LogP contribution in [-0.4, -0.2) is 65.6 Å². The molecule has 9 nitrogen and oxygen atoms in total. The fraction of sp³-hybridized carbons (Fsp3) is 0.389. The number of rotatable bonds is 4. The van der Waals surface area contributed by atoms with Gasteiger partial charge in [-0.3, -0.25) is 9.69 Å². The second-order valence-corrected chi connectivity index (χ2v) is 7.50. The molecule has 1 aromatic heterocycles. The zero-order valence-corrected chi connectivity index (χ0v) is 16.4. The highest BCUT2D eigenvalue weighted by Crippen LogP contribution is 2.28. The van der Waals surface area contributed by atoms with Gasteiger partial charge in [0.05, 0.1) is 6.04 Å². The van der Waals surface area contributed by atoms with Gasteiger partial charge >= 0.3 is 12.1 Å². The number of hydrogen-bond acceptors (Lipinski definition) is 4. The molecule has 0 unspecified atom stereocenters. The zero-order valence-electron chi connectivity index (χ0n) is 15.6. The number of hydrogen-bond donors (Lipinski definition) is 2. The van der Waals surface area contributed by atoms with Gasteiger partial charge in [0.1, 0.15) is 30.2 Å². The molecule has 5 amide bonds. The average molecular weight is 406 g/mol. The Kier molecular flexibility index (Phi) is 4.34. The van der Waals surface area contributed by atoms with Crippen LogP contribution >= 0.6 is 11.6 Å². The molecule has 2 N–H and O–H groups in total. The van der Waals surface area contributed by atoms with Gasteiger partial charge in [-0.05, 0) is 31.2 Å². The van der Waals surface area contributed by atoms with Gasteiger partial charge in [-0.15, -0.1) is 0 Å². The smallest absolute Gasteiger partial charge is 0.323 e. The molecule has 0 saturated carbocycles. The molecule has 1 aromatic carbocycles. The second kappa shape index (κ2) is 6.59. The summed E-state index contributed by atoms with van der Waals surface area (Å²) in [6.45, 7) is 1.62. The van der Waals surface area contributed by atoms with Crippen LogP contribution in [0.15, 0.2) is 28.7 Å². The van der Waals surface area contributed by atoms with Gasteiger partial charge in [0.2, 0.25) is 5.91 Å². The standard InChI is InChI=1S/C18H20ClN5O4/c1-9(13-7-10-6-11(19)4-5-12(10)28-13)20-14(25)8-24-16-15(21-17(24)26)22(2)18(27)23(16)3/h4-7,9,15-16H,8H2,1-3H3,(H,20,25)(H,21,26)/t9-,15+,16+/m0/s1. The van der Waals surface area contributed by atoms with Gasteiger partial charge < -0.3 is 24.9 Å². The number of nitrogens with zero attached hydrogens (tertiary/aromatic N) is 3. The summed E-state index contributed by atoms with van der Waals surface area (Å²) in [7, 11) is 3.22. The summed E-state index contributed by atoms with van der Waals surface area (Å²) in [6.07, 6.45) is -1.00. The van der Waals surface area contributed by atoms with Crippen molar-refractivity contribution in [2.24, 2.45) is 0 Å². The van der Waals surface area contributed by atoms with Gasteiger partial charge in [-0.1, -0.05) is 11.6 Å². The van der Waals surface area contributed by atoms with E-state index < -0.39 is 18.4 Å². The van der Waals surface area contributed by atoms with Crippen molar-refractivity contribution >= 4 is 40.5 Å². The maximum atomic E-state index is 12.5. The van der Waals surface area contributed by atoms with Crippen molar-refractivity contribution in [3.8, 4) is 0 Å². The Labute approximate surface area is 166 Å². The molecule has 148 valence electrons. The summed E-state index contributed by atoms with van der Waals surface area (Å²) in [5, 5.41) is 7.01. The van der Waals surface area contributed by atoms with Gasteiger partial charge in [0.15, 0.2) is 0 Å². The molecule has 0 spiro atoms. The second-order valence-electron chi connectivity index (χ2n) is 7.06. The van der Waals surface area contributed by atoms with Crippen LogP contribution in [0.4, 0.5) is 9.59 Å². The molecule has 2 aliphatic heterocycles. The van der Waals surface area contributed by atoms with Crippen molar-refractivity contribution in [3.05, 3.63) is 35.0 Å². The molecule has 28 heavy (non-hydrogen) atoms. The molecule has 2 fully saturated rings. The third kappa shape index (κ3) is 2.91.